The highest BCUT2D eigenvalue weighted by Gasteiger charge is 2.33. The Morgan fingerprint density at radius 1 is 1.23 bits per heavy atom. The molecule has 1 aliphatic carbocycles. The molecule has 1 aromatic carbocycles. The van der Waals surface area contributed by atoms with Gasteiger partial charge in [-0.2, -0.15) is 0 Å². The summed E-state index contributed by atoms with van der Waals surface area (Å²) < 4.78 is 4.88. The molecule has 3 rings (SSSR count). The van der Waals surface area contributed by atoms with E-state index in [2.05, 4.69) is 9.97 Å². The Morgan fingerprint density at radius 2 is 1.73 bits per heavy atom. The van der Waals surface area contributed by atoms with E-state index in [1.54, 1.807) is 19.3 Å². The number of hydrogen-bond donors (Lipinski definition) is 1. The Balaban J connectivity index is 0.000000847. The van der Waals surface area contributed by atoms with Gasteiger partial charge in [-0.3, -0.25) is 9.97 Å². The zero-order valence-electron chi connectivity index (χ0n) is 13.2. The molecule has 1 aliphatic rings. The van der Waals surface area contributed by atoms with Crippen LogP contribution in [0.5, 0.6) is 0 Å². The van der Waals surface area contributed by atoms with Crippen LogP contribution in [0.1, 0.15) is 31.9 Å². The van der Waals surface area contributed by atoms with Crippen LogP contribution in [-0.4, -0.2) is 33.8 Å². The summed E-state index contributed by atoms with van der Waals surface area (Å²) in [7, 11) is 0. The highest BCUT2D eigenvalue weighted by Crippen LogP contribution is 2.31. The smallest absolute Gasteiger partial charge is 0.335 e. The van der Waals surface area contributed by atoms with Crippen LogP contribution in [-0.2, 0) is 22.4 Å². The summed E-state index contributed by atoms with van der Waals surface area (Å²) in [5.74, 6) is -0.660. The Kier molecular flexibility index (Phi) is 5.44. The first-order valence-electron chi connectivity index (χ1n) is 7.76. The van der Waals surface area contributed by atoms with E-state index in [1.165, 1.54) is 0 Å². The molecule has 0 amide bonds. The number of aliphatic hydroxyl groups is 1. The van der Waals surface area contributed by atoms with E-state index < -0.39 is 12.1 Å². The van der Waals surface area contributed by atoms with E-state index in [1.807, 2.05) is 26.0 Å². The standard InChI is InChI=1S/C15H16N2O3.C2H6/c1-2-20-15(19)14(18)11-5-9-7-12-13(8-10(9)6-11)17-4-3-16-12;1-2/h3-4,7-8,11,14,18H,2,5-6H2,1H3;1-2H3. The van der Waals surface area contributed by atoms with Crippen LogP contribution in [0.2, 0.25) is 0 Å². The van der Waals surface area contributed by atoms with E-state index in [9.17, 15) is 9.90 Å². The molecule has 0 saturated heterocycles. The first kappa shape index (κ1) is 16.4. The second-order valence-corrected chi connectivity index (χ2v) is 5.03. The van der Waals surface area contributed by atoms with Gasteiger partial charge in [-0.1, -0.05) is 13.8 Å². The van der Waals surface area contributed by atoms with Gasteiger partial charge in [-0.25, -0.2) is 4.79 Å². The van der Waals surface area contributed by atoms with Crippen LogP contribution in [0.3, 0.4) is 0 Å². The van der Waals surface area contributed by atoms with E-state index >= 15 is 0 Å². The maximum Gasteiger partial charge on any atom is 0.335 e. The van der Waals surface area contributed by atoms with E-state index in [0.717, 1.165) is 22.2 Å². The van der Waals surface area contributed by atoms with Gasteiger partial charge in [-0.05, 0) is 43.0 Å². The summed E-state index contributed by atoms with van der Waals surface area (Å²) in [5.41, 5.74) is 3.95. The van der Waals surface area contributed by atoms with Crippen molar-refractivity contribution in [2.75, 3.05) is 6.61 Å². The van der Waals surface area contributed by atoms with Gasteiger partial charge in [0.25, 0.3) is 0 Å². The highest BCUT2D eigenvalue weighted by atomic mass is 16.5. The summed E-state index contributed by atoms with van der Waals surface area (Å²) in [6, 6.07) is 3.99. The fourth-order valence-corrected chi connectivity index (χ4v) is 2.76. The number of ether oxygens (including phenoxy) is 1. The predicted octanol–water partition coefficient (Wildman–Crippen LogP) is 2.29. The second kappa shape index (κ2) is 7.31. The molecule has 1 unspecified atom stereocenters. The molecular formula is C17H22N2O3. The predicted molar refractivity (Wildman–Crippen MR) is 84.4 cm³/mol. The van der Waals surface area contributed by atoms with Gasteiger partial charge in [0.15, 0.2) is 6.10 Å². The molecule has 1 heterocycles. The summed E-state index contributed by atoms with van der Waals surface area (Å²) in [6.07, 6.45) is 3.60. The van der Waals surface area contributed by atoms with E-state index in [0.29, 0.717) is 12.8 Å². The van der Waals surface area contributed by atoms with Crippen LogP contribution in [0.4, 0.5) is 0 Å². The number of nitrogens with zero attached hydrogens (tertiary/aromatic N) is 2. The average molecular weight is 302 g/mol. The van der Waals surface area contributed by atoms with Crippen molar-refractivity contribution >= 4 is 17.0 Å². The van der Waals surface area contributed by atoms with E-state index in [4.69, 9.17) is 4.74 Å². The lowest BCUT2D eigenvalue weighted by Gasteiger charge is -2.15. The fourth-order valence-electron chi connectivity index (χ4n) is 2.76. The molecule has 2 aromatic rings. The number of aromatic nitrogens is 2. The van der Waals surface area contributed by atoms with Gasteiger partial charge in [0.05, 0.1) is 17.6 Å². The molecule has 0 saturated carbocycles. The van der Waals surface area contributed by atoms with Crippen molar-refractivity contribution < 1.29 is 14.6 Å². The van der Waals surface area contributed by atoms with Gasteiger partial charge in [0.1, 0.15) is 0 Å². The summed E-state index contributed by atoms with van der Waals surface area (Å²) >= 11 is 0. The van der Waals surface area contributed by atoms with Crippen molar-refractivity contribution in [2.24, 2.45) is 5.92 Å². The van der Waals surface area contributed by atoms with Crippen molar-refractivity contribution in [3.05, 3.63) is 35.7 Å². The third-order valence-corrected chi connectivity index (χ3v) is 3.73. The Morgan fingerprint density at radius 3 is 2.18 bits per heavy atom. The first-order chi connectivity index (χ1) is 10.7. The lowest BCUT2D eigenvalue weighted by molar-refractivity contribution is -0.155. The molecule has 0 bridgehead atoms. The number of benzene rings is 1. The molecule has 0 radical (unpaired) electrons. The number of rotatable bonds is 3. The fraction of sp³-hybridized carbons (Fsp3) is 0.471. The minimum atomic E-state index is -1.06. The maximum absolute atomic E-state index is 11.6. The normalized spacial score (nSPS) is 14.9. The molecule has 5 nitrogen and oxygen atoms in total. The van der Waals surface area contributed by atoms with Crippen LogP contribution >= 0.6 is 0 Å². The van der Waals surface area contributed by atoms with Crippen molar-refractivity contribution in [3.63, 3.8) is 0 Å². The number of carbonyl (C=O) groups is 1. The molecule has 0 spiro atoms. The van der Waals surface area contributed by atoms with Crippen molar-refractivity contribution in [1.29, 1.82) is 0 Å². The summed E-state index contributed by atoms with van der Waals surface area (Å²) in [5, 5.41) is 10.1. The van der Waals surface area contributed by atoms with Crippen molar-refractivity contribution in [1.82, 2.24) is 9.97 Å². The topological polar surface area (TPSA) is 72.3 Å². The Hall–Kier alpha value is -2.01. The molecule has 118 valence electrons. The molecule has 22 heavy (non-hydrogen) atoms. The van der Waals surface area contributed by atoms with Crippen LogP contribution in [0, 0.1) is 5.92 Å². The monoisotopic (exact) mass is 302 g/mol. The average Bonchev–Trinajstić information content (AvgIpc) is 2.96. The molecule has 5 heteroatoms. The van der Waals surface area contributed by atoms with Crippen molar-refractivity contribution in [2.45, 2.75) is 39.7 Å². The maximum atomic E-state index is 11.6. The number of carbonyl (C=O) groups excluding carboxylic acids is 1. The first-order valence-corrected chi connectivity index (χ1v) is 7.76. The largest absolute Gasteiger partial charge is 0.464 e. The van der Waals surface area contributed by atoms with Gasteiger partial charge in [0, 0.05) is 18.3 Å². The second-order valence-electron chi connectivity index (χ2n) is 5.03. The molecule has 1 atom stereocenters. The number of aliphatic hydroxyl groups excluding tert-OH is 1. The third-order valence-electron chi connectivity index (χ3n) is 3.73. The summed E-state index contributed by atoms with van der Waals surface area (Å²) in [4.78, 5) is 20.2. The van der Waals surface area contributed by atoms with Gasteiger partial charge < -0.3 is 9.84 Å². The third kappa shape index (κ3) is 3.25. The van der Waals surface area contributed by atoms with Crippen LogP contribution in [0.25, 0.3) is 11.0 Å². The van der Waals surface area contributed by atoms with Crippen LogP contribution < -0.4 is 0 Å². The van der Waals surface area contributed by atoms with Gasteiger partial charge in [-0.15, -0.1) is 0 Å². The molecule has 1 N–H and O–H groups in total. The molecule has 0 fully saturated rings. The van der Waals surface area contributed by atoms with Gasteiger partial charge in [0.2, 0.25) is 0 Å². The number of fused-ring (bicyclic) bond motifs is 2. The quantitative estimate of drug-likeness (QED) is 0.881. The minimum absolute atomic E-state index is 0.124. The van der Waals surface area contributed by atoms with Crippen LogP contribution in [0.15, 0.2) is 24.5 Å². The highest BCUT2D eigenvalue weighted by molar-refractivity contribution is 5.77. The number of hydrogen-bond acceptors (Lipinski definition) is 5. The lowest BCUT2D eigenvalue weighted by atomic mass is 9.99. The lowest BCUT2D eigenvalue weighted by Crippen LogP contribution is -2.31. The zero-order valence-corrected chi connectivity index (χ0v) is 13.2. The van der Waals surface area contributed by atoms with Crippen molar-refractivity contribution in [3.8, 4) is 0 Å². The zero-order chi connectivity index (χ0) is 16.1. The summed E-state index contributed by atoms with van der Waals surface area (Å²) in [6.45, 7) is 6.02. The molecular weight excluding hydrogens is 280 g/mol. The Bertz CT molecular complexity index is 613. The molecule has 0 aliphatic heterocycles. The molecule has 1 aromatic heterocycles. The van der Waals surface area contributed by atoms with E-state index in [-0.39, 0.29) is 12.5 Å². The SMILES string of the molecule is CC.CCOC(=O)C(O)C1Cc2cc3nccnc3cc2C1. The number of esters is 1. The van der Waals surface area contributed by atoms with Gasteiger partial charge >= 0.3 is 5.97 Å². The Labute approximate surface area is 130 Å². The minimum Gasteiger partial charge on any atom is -0.464 e.